The number of hydrogen-bond acceptors (Lipinski definition) is 3. The van der Waals surface area contributed by atoms with Crippen molar-refractivity contribution >= 4 is 11.7 Å². The standard InChI is InChI=1S/C11H17N3O2/c1-7-4-9(8(2)13-7)10(15)5-14(3)6-11(12)16/h4,13H,5-6H2,1-3H3,(H2,12,16). The van der Waals surface area contributed by atoms with Crippen LogP contribution >= 0.6 is 0 Å². The predicted molar refractivity (Wildman–Crippen MR) is 61.3 cm³/mol. The van der Waals surface area contributed by atoms with Crippen LogP contribution in [0.4, 0.5) is 0 Å². The first kappa shape index (κ1) is 12.4. The Morgan fingerprint density at radius 3 is 2.44 bits per heavy atom. The van der Waals surface area contributed by atoms with Gasteiger partial charge in [-0.15, -0.1) is 0 Å². The van der Waals surface area contributed by atoms with E-state index in [1.54, 1.807) is 11.9 Å². The largest absolute Gasteiger partial charge is 0.369 e. The lowest BCUT2D eigenvalue weighted by Gasteiger charge is -2.12. The lowest BCUT2D eigenvalue weighted by molar-refractivity contribution is -0.118. The molecule has 0 spiro atoms. The molecule has 0 saturated carbocycles. The molecule has 0 radical (unpaired) electrons. The van der Waals surface area contributed by atoms with Crippen molar-refractivity contribution in [3.05, 3.63) is 23.0 Å². The summed E-state index contributed by atoms with van der Waals surface area (Å²) in [4.78, 5) is 27.2. The third-order valence-corrected chi connectivity index (χ3v) is 2.29. The summed E-state index contributed by atoms with van der Waals surface area (Å²) in [5.74, 6) is -0.442. The van der Waals surface area contributed by atoms with Crippen molar-refractivity contribution in [3.63, 3.8) is 0 Å². The van der Waals surface area contributed by atoms with E-state index in [1.807, 2.05) is 19.9 Å². The fourth-order valence-corrected chi connectivity index (χ4v) is 1.67. The van der Waals surface area contributed by atoms with Crippen molar-refractivity contribution in [2.45, 2.75) is 13.8 Å². The minimum absolute atomic E-state index is 0.00870. The van der Waals surface area contributed by atoms with Gasteiger partial charge in [0, 0.05) is 17.0 Å². The van der Waals surface area contributed by atoms with Gasteiger partial charge < -0.3 is 10.7 Å². The molecule has 1 rings (SSSR count). The first-order valence-electron chi connectivity index (χ1n) is 5.06. The van der Waals surface area contributed by atoms with Gasteiger partial charge in [-0.25, -0.2) is 0 Å². The quantitative estimate of drug-likeness (QED) is 0.701. The second-order valence-corrected chi connectivity index (χ2v) is 4.05. The highest BCUT2D eigenvalue weighted by molar-refractivity contribution is 5.99. The molecule has 0 aliphatic carbocycles. The van der Waals surface area contributed by atoms with Crippen molar-refractivity contribution in [3.8, 4) is 0 Å². The highest BCUT2D eigenvalue weighted by atomic mass is 16.1. The van der Waals surface area contributed by atoms with Crippen LogP contribution in [-0.2, 0) is 4.79 Å². The van der Waals surface area contributed by atoms with Gasteiger partial charge in [-0.05, 0) is 27.0 Å². The molecule has 0 atom stereocenters. The van der Waals surface area contributed by atoms with E-state index in [4.69, 9.17) is 5.73 Å². The molecule has 1 aromatic heterocycles. The van der Waals surface area contributed by atoms with Gasteiger partial charge in [-0.2, -0.15) is 0 Å². The summed E-state index contributed by atoms with van der Waals surface area (Å²) in [7, 11) is 1.69. The second-order valence-electron chi connectivity index (χ2n) is 4.05. The number of carbonyl (C=O) groups excluding carboxylic acids is 2. The number of ketones is 1. The van der Waals surface area contributed by atoms with Gasteiger partial charge in [0.05, 0.1) is 13.1 Å². The zero-order valence-electron chi connectivity index (χ0n) is 9.83. The van der Waals surface area contributed by atoms with Gasteiger partial charge in [-0.1, -0.05) is 0 Å². The molecular weight excluding hydrogens is 206 g/mol. The maximum atomic E-state index is 11.9. The predicted octanol–water partition coefficient (Wildman–Crippen LogP) is 0.231. The van der Waals surface area contributed by atoms with E-state index in [1.165, 1.54) is 0 Å². The SMILES string of the molecule is Cc1cc(C(=O)CN(C)CC(N)=O)c(C)[nH]1. The van der Waals surface area contributed by atoms with Crippen LogP contribution in [-0.4, -0.2) is 41.7 Å². The molecule has 1 heterocycles. The Morgan fingerprint density at radius 1 is 1.38 bits per heavy atom. The number of aromatic amines is 1. The second kappa shape index (κ2) is 4.94. The maximum Gasteiger partial charge on any atom is 0.231 e. The molecule has 5 nitrogen and oxygen atoms in total. The summed E-state index contributed by atoms with van der Waals surface area (Å²) in [5, 5.41) is 0. The summed E-state index contributed by atoms with van der Waals surface area (Å²) in [6.45, 7) is 4.04. The number of aryl methyl sites for hydroxylation is 2. The number of likely N-dealkylation sites (N-methyl/N-ethyl adjacent to an activating group) is 1. The molecule has 1 aromatic rings. The van der Waals surface area contributed by atoms with E-state index >= 15 is 0 Å². The number of Topliss-reactive ketones (excluding diaryl/α,β-unsaturated/α-hetero) is 1. The molecule has 0 bridgehead atoms. The summed E-state index contributed by atoms with van der Waals surface area (Å²) >= 11 is 0. The van der Waals surface area contributed by atoms with E-state index in [-0.39, 0.29) is 18.9 Å². The lowest BCUT2D eigenvalue weighted by Crippen LogP contribution is -2.34. The van der Waals surface area contributed by atoms with Gasteiger partial charge >= 0.3 is 0 Å². The van der Waals surface area contributed by atoms with Crippen molar-refractivity contribution < 1.29 is 9.59 Å². The van der Waals surface area contributed by atoms with Crippen LogP contribution < -0.4 is 5.73 Å². The van der Waals surface area contributed by atoms with E-state index < -0.39 is 5.91 Å². The Balaban J connectivity index is 2.65. The number of nitrogens with one attached hydrogen (secondary N) is 1. The average Bonchev–Trinajstić information content (AvgIpc) is 2.43. The van der Waals surface area contributed by atoms with Crippen LogP contribution in [0.3, 0.4) is 0 Å². The normalized spacial score (nSPS) is 10.8. The fourth-order valence-electron chi connectivity index (χ4n) is 1.67. The molecule has 0 aliphatic rings. The molecule has 0 saturated heterocycles. The first-order valence-corrected chi connectivity index (χ1v) is 5.06. The minimum Gasteiger partial charge on any atom is -0.369 e. The summed E-state index contributed by atoms with van der Waals surface area (Å²) in [6.07, 6.45) is 0. The third kappa shape index (κ3) is 3.20. The van der Waals surface area contributed by atoms with Gasteiger partial charge in [0.1, 0.15) is 0 Å². The minimum atomic E-state index is -0.433. The Kier molecular flexibility index (Phi) is 3.84. The molecular formula is C11H17N3O2. The van der Waals surface area contributed by atoms with Gasteiger partial charge in [0.15, 0.2) is 5.78 Å². The highest BCUT2D eigenvalue weighted by Gasteiger charge is 2.14. The Bertz CT molecular complexity index is 409. The zero-order chi connectivity index (χ0) is 12.3. The van der Waals surface area contributed by atoms with Crippen LogP contribution in [0, 0.1) is 13.8 Å². The molecule has 0 fully saturated rings. The van der Waals surface area contributed by atoms with Crippen molar-refractivity contribution in [2.24, 2.45) is 5.73 Å². The number of primary amides is 1. The van der Waals surface area contributed by atoms with Crippen LogP contribution in [0.2, 0.25) is 0 Å². The number of carbonyl (C=O) groups is 2. The monoisotopic (exact) mass is 223 g/mol. The van der Waals surface area contributed by atoms with E-state index in [9.17, 15) is 9.59 Å². The number of rotatable bonds is 5. The molecule has 16 heavy (non-hydrogen) atoms. The number of H-pyrrole nitrogens is 1. The third-order valence-electron chi connectivity index (χ3n) is 2.29. The van der Waals surface area contributed by atoms with Crippen LogP contribution in [0.25, 0.3) is 0 Å². The first-order chi connectivity index (χ1) is 7.40. The topological polar surface area (TPSA) is 79.2 Å². The van der Waals surface area contributed by atoms with Crippen molar-refractivity contribution in [2.75, 3.05) is 20.1 Å². The van der Waals surface area contributed by atoms with Crippen molar-refractivity contribution in [1.29, 1.82) is 0 Å². The lowest BCUT2D eigenvalue weighted by atomic mass is 10.1. The van der Waals surface area contributed by atoms with E-state index in [0.29, 0.717) is 5.56 Å². The van der Waals surface area contributed by atoms with Gasteiger partial charge in [-0.3, -0.25) is 14.5 Å². The number of hydrogen-bond donors (Lipinski definition) is 2. The van der Waals surface area contributed by atoms with Crippen LogP contribution in [0.1, 0.15) is 21.7 Å². The van der Waals surface area contributed by atoms with Crippen LogP contribution in [0.5, 0.6) is 0 Å². The Labute approximate surface area is 94.6 Å². The number of nitrogens with two attached hydrogens (primary N) is 1. The molecule has 1 amide bonds. The molecule has 88 valence electrons. The molecule has 0 aromatic carbocycles. The average molecular weight is 223 g/mol. The number of nitrogens with zero attached hydrogens (tertiary/aromatic N) is 1. The summed E-state index contributed by atoms with van der Waals surface area (Å²) in [6, 6.07) is 1.82. The smallest absolute Gasteiger partial charge is 0.231 e. The van der Waals surface area contributed by atoms with E-state index in [0.717, 1.165) is 11.4 Å². The number of amides is 1. The van der Waals surface area contributed by atoms with Crippen LogP contribution in [0.15, 0.2) is 6.07 Å². The summed E-state index contributed by atoms with van der Waals surface area (Å²) in [5.41, 5.74) is 7.53. The van der Waals surface area contributed by atoms with Gasteiger partial charge in [0.25, 0.3) is 0 Å². The Hall–Kier alpha value is -1.62. The summed E-state index contributed by atoms with van der Waals surface area (Å²) < 4.78 is 0. The van der Waals surface area contributed by atoms with E-state index in [2.05, 4.69) is 4.98 Å². The molecule has 0 unspecified atom stereocenters. The fraction of sp³-hybridized carbons (Fsp3) is 0.455. The molecule has 5 heteroatoms. The highest BCUT2D eigenvalue weighted by Crippen LogP contribution is 2.10. The van der Waals surface area contributed by atoms with Gasteiger partial charge in [0.2, 0.25) is 5.91 Å². The Morgan fingerprint density at radius 2 is 2.00 bits per heavy atom. The molecule has 3 N–H and O–H groups in total. The van der Waals surface area contributed by atoms with Crippen molar-refractivity contribution in [1.82, 2.24) is 9.88 Å². The zero-order valence-corrected chi connectivity index (χ0v) is 9.83. The maximum absolute atomic E-state index is 11.9. The number of aromatic nitrogens is 1. The molecule has 0 aliphatic heterocycles.